The first-order valence-electron chi connectivity index (χ1n) is 9.92. The Balaban J connectivity index is 2.53. The second-order valence-electron chi connectivity index (χ2n) is 9.35. The molecule has 0 saturated carbocycles. The van der Waals surface area contributed by atoms with Gasteiger partial charge in [0.25, 0.3) is 0 Å². The zero-order valence-corrected chi connectivity index (χ0v) is 18.3. The van der Waals surface area contributed by atoms with Crippen LogP contribution in [-0.4, -0.2) is 11.0 Å². The molecule has 2 rings (SSSR count). The maximum absolute atomic E-state index is 12.1. The summed E-state index contributed by atoms with van der Waals surface area (Å²) in [6, 6.07) is 13.9. The number of hydrogen-bond donors (Lipinski definition) is 2. The summed E-state index contributed by atoms with van der Waals surface area (Å²) in [4.78, 5) is 12.1. The third kappa shape index (κ3) is 5.28. The van der Waals surface area contributed by atoms with Gasteiger partial charge in [0.1, 0.15) is 5.75 Å². The Labute approximate surface area is 169 Å². The molecule has 0 unspecified atom stereocenters. The number of carbonyl (C=O) groups excluding carboxylic acids is 1. The number of rotatable bonds is 5. The molecule has 2 N–H and O–H groups in total. The summed E-state index contributed by atoms with van der Waals surface area (Å²) in [5.41, 5.74) is 6.43. The van der Waals surface area contributed by atoms with E-state index < -0.39 is 0 Å². The van der Waals surface area contributed by atoms with Gasteiger partial charge in [-0.2, -0.15) is 0 Å². The summed E-state index contributed by atoms with van der Waals surface area (Å²) >= 11 is 0. The largest absolute Gasteiger partial charge is 0.507 e. The molecule has 2 aromatic carbocycles. The van der Waals surface area contributed by atoms with Gasteiger partial charge in [-0.1, -0.05) is 66.7 Å². The van der Waals surface area contributed by atoms with Gasteiger partial charge < -0.3 is 5.11 Å². The van der Waals surface area contributed by atoms with E-state index in [0.29, 0.717) is 18.7 Å². The van der Waals surface area contributed by atoms with Gasteiger partial charge in [-0.25, -0.2) is 0 Å². The summed E-state index contributed by atoms with van der Waals surface area (Å²) in [7, 11) is 0. The topological polar surface area (TPSA) is 52.6 Å². The van der Waals surface area contributed by atoms with Gasteiger partial charge in [0.2, 0.25) is 5.91 Å². The van der Waals surface area contributed by atoms with Crippen molar-refractivity contribution in [1.29, 1.82) is 0 Å². The molecule has 1 amide bonds. The van der Waals surface area contributed by atoms with Crippen molar-refractivity contribution >= 4 is 11.6 Å². The smallest absolute Gasteiger partial charge is 0.238 e. The Morgan fingerprint density at radius 1 is 0.964 bits per heavy atom. The number of carbonyl (C=O) groups is 1. The maximum Gasteiger partial charge on any atom is 0.238 e. The zero-order valence-electron chi connectivity index (χ0n) is 18.3. The Morgan fingerprint density at radius 2 is 1.46 bits per heavy atom. The van der Waals surface area contributed by atoms with Crippen LogP contribution in [0.4, 0.5) is 5.69 Å². The summed E-state index contributed by atoms with van der Waals surface area (Å²) in [5, 5.41) is 12.8. The van der Waals surface area contributed by atoms with Crippen molar-refractivity contribution < 1.29 is 9.90 Å². The quantitative estimate of drug-likeness (QED) is 0.678. The summed E-state index contributed by atoms with van der Waals surface area (Å²) < 4.78 is 0. The third-order valence-corrected chi connectivity index (χ3v) is 4.78. The zero-order chi connectivity index (χ0) is 21.1. The number of hydrazine groups is 1. The lowest BCUT2D eigenvalue weighted by Crippen LogP contribution is -2.41. The number of amides is 1. The molecule has 28 heavy (non-hydrogen) atoms. The van der Waals surface area contributed by atoms with Crippen LogP contribution in [0, 0.1) is 0 Å². The normalized spacial score (nSPS) is 12.0. The van der Waals surface area contributed by atoms with Gasteiger partial charge in [0.05, 0.1) is 12.2 Å². The molecule has 0 bridgehead atoms. The molecule has 0 aliphatic heterocycles. The number of aromatic hydroxyl groups is 1. The number of para-hydroxylation sites is 1. The molecule has 0 saturated heterocycles. The highest BCUT2D eigenvalue weighted by molar-refractivity contribution is 5.77. The van der Waals surface area contributed by atoms with Crippen LogP contribution in [0.25, 0.3) is 0 Å². The number of phenolic OH excluding ortho intramolecular Hbond substituents is 1. The molecule has 152 valence electrons. The van der Waals surface area contributed by atoms with Gasteiger partial charge in [0, 0.05) is 6.42 Å². The van der Waals surface area contributed by atoms with E-state index in [0.717, 1.165) is 22.4 Å². The number of nitrogens with zero attached hydrogens (tertiary/aromatic N) is 1. The standard InChI is InChI=1S/C24H34N2O2/c1-8-21(27)25-26(18-12-10-9-11-13-18)16-17-14-19(23(2,3)4)22(28)20(15-17)24(5,6)7/h9-15,28H,8,16H2,1-7H3,(H,25,27). The minimum absolute atomic E-state index is 0.0327. The molecule has 0 heterocycles. The number of anilines is 1. The third-order valence-electron chi connectivity index (χ3n) is 4.78. The van der Waals surface area contributed by atoms with Crippen LogP contribution in [-0.2, 0) is 22.2 Å². The van der Waals surface area contributed by atoms with Crippen molar-refractivity contribution in [3.63, 3.8) is 0 Å². The van der Waals surface area contributed by atoms with E-state index in [1.165, 1.54) is 0 Å². The molecule has 0 atom stereocenters. The van der Waals surface area contributed by atoms with Crippen molar-refractivity contribution in [1.82, 2.24) is 5.43 Å². The Morgan fingerprint density at radius 3 is 1.89 bits per heavy atom. The van der Waals surface area contributed by atoms with E-state index in [9.17, 15) is 9.90 Å². The molecule has 0 aliphatic rings. The van der Waals surface area contributed by atoms with Gasteiger partial charge in [-0.3, -0.25) is 15.2 Å². The van der Waals surface area contributed by atoms with Crippen LogP contribution >= 0.6 is 0 Å². The lowest BCUT2D eigenvalue weighted by molar-refractivity contribution is -0.121. The van der Waals surface area contributed by atoms with E-state index in [1.807, 2.05) is 42.3 Å². The van der Waals surface area contributed by atoms with Crippen molar-refractivity contribution in [2.24, 2.45) is 0 Å². The summed E-state index contributed by atoms with van der Waals surface area (Å²) in [6.45, 7) is 15.0. The maximum atomic E-state index is 12.1. The second kappa shape index (κ2) is 8.26. The molecular formula is C24H34N2O2. The minimum atomic E-state index is -0.190. The Hall–Kier alpha value is -2.49. The van der Waals surface area contributed by atoms with E-state index in [2.05, 4.69) is 59.1 Å². The molecule has 0 aromatic heterocycles. The highest BCUT2D eigenvalue weighted by Gasteiger charge is 2.27. The number of phenols is 1. The lowest BCUT2D eigenvalue weighted by atomic mass is 9.78. The number of benzene rings is 2. The van der Waals surface area contributed by atoms with Crippen LogP contribution in [0.2, 0.25) is 0 Å². The molecule has 0 radical (unpaired) electrons. The SMILES string of the molecule is CCC(=O)NN(Cc1cc(C(C)(C)C)c(O)c(C(C)(C)C)c1)c1ccccc1. The van der Waals surface area contributed by atoms with Crippen LogP contribution in [0.5, 0.6) is 5.75 Å². The fraction of sp³-hybridized carbons (Fsp3) is 0.458. The van der Waals surface area contributed by atoms with E-state index in [-0.39, 0.29) is 16.7 Å². The second-order valence-corrected chi connectivity index (χ2v) is 9.35. The molecule has 0 fully saturated rings. The minimum Gasteiger partial charge on any atom is -0.507 e. The predicted octanol–water partition coefficient (Wildman–Crippen LogP) is 5.44. The first-order valence-corrected chi connectivity index (χ1v) is 9.92. The van der Waals surface area contributed by atoms with Crippen LogP contribution < -0.4 is 10.4 Å². The average Bonchev–Trinajstić information content (AvgIpc) is 2.61. The lowest BCUT2D eigenvalue weighted by Gasteiger charge is -2.30. The fourth-order valence-electron chi connectivity index (χ4n) is 3.14. The molecule has 4 heteroatoms. The number of nitrogens with one attached hydrogen (secondary N) is 1. The van der Waals surface area contributed by atoms with Crippen LogP contribution in [0.15, 0.2) is 42.5 Å². The molecule has 0 aliphatic carbocycles. The fourth-order valence-corrected chi connectivity index (χ4v) is 3.14. The summed E-state index contributed by atoms with van der Waals surface area (Å²) in [5.74, 6) is 0.335. The van der Waals surface area contributed by atoms with Gasteiger partial charge in [0.15, 0.2) is 0 Å². The number of hydrogen-bond acceptors (Lipinski definition) is 3. The van der Waals surface area contributed by atoms with Crippen molar-refractivity contribution in [2.45, 2.75) is 72.3 Å². The van der Waals surface area contributed by atoms with E-state index >= 15 is 0 Å². The monoisotopic (exact) mass is 382 g/mol. The van der Waals surface area contributed by atoms with Crippen molar-refractivity contribution in [3.8, 4) is 5.75 Å². The van der Waals surface area contributed by atoms with Crippen molar-refractivity contribution in [2.75, 3.05) is 5.01 Å². The molecule has 2 aromatic rings. The van der Waals surface area contributed by atoms with Crippen molar-refractivity contribution in [3.05, 3.63) is 59.2 Å². The van der Waals surface area contributed by atoms with Gasteiger partial charge >= 0.3 is 0 Å². The molecule has 0 spiro atoms. The van der Waals surface area contributed by atoms with Gasteiger partial charge in [-0.05, 0) is 51.8 Å². The molecular weight excluding hydrogens is 348 g/mol. The summed E-state index contributed by atoms with van der Waals surface area (Å²) in [6.07, 6.45) is 0.416. The predicted molar refractivity (Wildman–Crippen MR) is 117 cm³/mol. The Bertz CT molecular complexity index is 780. The highest BCUT2D eigenvalue weighted by Crippen LogP contribution is 2.40. The van der Waals surface area contributed by atoms with Crippen LogP contribution in [0.3, 0.4) is 0 Å². The first kappa shape index (κ1) is 21.8. The Kier molecular flexibility index (Phi) is 6.43. The van der Waals surface area contributed by atoms with E-state index in [4.69, 9.17) is 0 Å². The van der Waals surface area contributed by atoms with E-state index in [1.54, 1.807) is 0 Å². The highest BCUT2D eigenvalue weighted by atomic mass is 16.3. The van der Waals surface area contributed by atoms with Crippen LogP contribution in [0.1, 0.15) is 71.6 Å². The average molecular weight is 383 g/mol. The van der Waals surface area contributed by atoms with Gasteiger partial charge in [-0.15, -0.1) is 0 Å². The first-order chi connectivity index (χ1) is 12.9. The molecule has 4 nitrogen and oxygen atoms in total.